The summed E-state index contributed by atoms with van der Waals surface area (Å²) >= 11 is 0. The molecular weight excluding hydrogens is 238 g/mol. The molecule has 0 saturated heterocycles. The molecule has 0 aliphatic carbocycles. The monoisotopic (exact) mass is 251 g/mol. The number of allylic oxidation sites excluding steroid dienone is 1. The third-order valence-corrected chi connectivity index (χ3v) is 2.64. The molecule has 0 aliphatic heterocycles. The van der Waals surface area contributed by atoms with Gasteiger partial charge in [0.1, 0.15) is 0 Å². The molecule has 1 aromatic heterocycles. The number of aromatic nitrogens is 2. The Morgan fingerprint density at radius 1 is 1.41 bits per heavy atom. The van der Waals surface area contributed by atoms with Gasteiger partial charge in [0.15, 0.2) is 0 Å². The molecule has 0 amide bonds. The van der Waals surface area contributed by atoms with Crippen molar-refractivity contribution in [3.63, 3.8) is 0 Å². The van der Waals surface area contributed by atoms with Crippen molar-refractivity contribution in [2.45, 2.75) is 18.0 Å². The molecule has 0 aromatic carbocycles. The first kappa shape index (κ1) is 13.2. The molecule has 2 N–H and O–H groups in total. The molecule has 0 aliphatic rings. The minimum absolute atomic E-state index is 0.186. The summed E-state index contributed by atoms with van der Waals surface area (Å²) in [7, 11) is -3.35. The van der Waals surface area contributed by atoms with E-state index in [2.05, 4.69) is 21.8 Å². The Hall–Kier alpha value is -1.87. The van der Waals surface area contributed by atoms with E-state index in [0.29, 0.717) is 12.0 Å². The normalized spacial score (nSPS) is 11.1. The van der Waals surface area contributed by atoms with Gasteiger partial charge in [-0.3, -0.25) is 0 Å². The van der Waals surface area contributed by atoms with Gasteiger partial charge in [-0.2, -0.15) is 0 Å². The molecule has 0 saturated carbocycles. The lowest BCUT2D eigenvalue weighted by Crippen LogP contribution is -2.03. The van der Waals surface area contributed by atoms with E-state index in [0.717, 1.165) is 12.7 Å². The van der Waals surface area contributed by atoms with Crippen molar-refractivity contribution in [1.29, 1.82) is 0 Å². The predicted molar refractivity (Wildman–Crippen MR) is 64.6 cm³/mol. The molecule has 1 rings (SSSR count). The highest BCUT2D eigenvalue weighted by molar-refractivity contribution is 7.90. The van der Waals surface area contributed by atoms with Crippen LogP contribution in [0.3, 0.4) is 0 Å². The van der Waals surface area contributed by atoms with Crippen molar-refractivity contribution in [2.75, 3.05) is 6.26 Å². The number of hydrogen-bond acceptors (Lipinski definition) is 5. The van der Waals surface area contributed by atoms with Gasteiger partial charge >= 0.3 is 0 Å². The zero-order valence-corrected chi connectivity index (χ0v) is 10.2. The van der Waals surface area contributed by atoms with Gasteiger partial charge in [-0.25, -0.2) is 18.4 Å². The van der Waals surface area contributed by atoms with Crippen molar-refractivity contribution >= 4 is 9.84 Å². The number of rotatable bonds is 3. The van der Waals surface area contributed by atoms with Gasteiger partial charge in [-0.1, -0.05) is 17.9 Å². The summed E-state index contributed by atoms with van der Waals surface area (Å²) in [5.41, 5.74) is 5.77. The fraction of sp³-hybridized carbons (Fsp3) is 0.273. The maximum absolute atomic E-state index is 11.1. The minimum Gasteiger partial charge on any atom is -0.405 e. The van der Waals surface area contributed by atoms with Crippen LogP contribution in [0.15, 0.2) is 29.8 Å². The lowest BCUT2D eigenvalue weighted by molar-refractivity contribution is 0.593. The summed E-state index contributed by atoms with van der Waals surface area (Å²) in [6.45, 7) is 0. The van der Waals surface area contributed by atoms with Crippen LogP contribution in [0.1, 0.15) is 18.4 Å². The Morgan fingerprint density at radius 2 is 2.06 bits per heavy atom. The topological polar surface area (TPSA) is 85.9 Å². The van der Waals surface area contributed by atoms with Crippen LogP contribution in [0.5, 0.6) is 0 Å². The van der Waals surface area contributed by atoms with E-state index in [-0.39, 0.29) is 5.16 Å². The Bertz CT molecular complexity index is 551. The summed E-state index contributed by atoms with van der Waals surface area (Å²) < 4.78 is 22.2. The van der Waals surface area contributed by atoms with E-state index in [4.69, 9.17) is 5.73 Å². The molecule has 0 bridgehead atoms. The number of sulfone groups is 1. The summed E-state index contributed by atoms with van der Waals surface area (Å²) in [5, 5.41) is -0.186. The van der Waals surface area contributed by atoms with E-state index >= 15 is 0 Å². The maximum atomic E-state index is 11.1. The lowest BCUT2D eigenvalue weighted by atomic mass is 10.3. The third-order valence-electron chi connectivity index (χ3n) is 1.76. The Labute approximate surface area is 101 Å². The van der Waals surface area contributed by atoms with Crippen LogP contribution < -0.4 is 5.73 Å². The highest BCUT2D eigenvalue weighted by atomic mass is 32.2. The zero-order valence-electron chi connectivity index (χ0n) is 9.42. The van der Waals surface area contributed by atoms with Crippen LogP contribution in [0.2, 0.25) is 0 Å². The van der Waals surface area contributed by atoms with Gasteiger partial charge in [0, 0.05) is 25.1 Å². The van der Waals surface area contributed by atoms with Crippen LogP contribution in [0, 0.1) is 11.8 Å². The zero-order chi connectivity index (χ0) is 12.7. The van der Waals surface area contributed by atoms with Gasteiger partial charge in [0.05, 0.1) is 5.56 Å². The van der Waals surface area contributed by atoms with Gasteiger partial charge in [-0.15, -0.1) is 0 Å². The average molecular weight is 251 g/mol. The lowest BCUT2D eigenvalue weighted by Gasteiger charge is -1.94. The van der Waals surface area contributed by atoms with Crippen molar-refractivity contribution in [3.8, 4) is 11.8 Å². The fourth-order valence-corrected chi connectivity index (χ4v) is 1.48. The number of hydrogen-bond donors (Lipinski definition) is 1. The molecular formula is C11H13N3O2S. The molecule has 0 unspecified atom stereocenters. The average Bonchev–Trinajstić information content (AvgIpc) is 2.28. The molecule has 0 radical (unpaired) electrons. The standard InChI is InChI=1S/C11H13N3O2S/c1-17(15,16)11-13-8-10(9-14-11)6-4-2-3-5-7-12/h5,7-9H,2-3,12H2,1H3. The van der Waals surface area contributed by atoms with E-state index < -0.39 is 9.84 Å². The molecule has 0 spiro atoms. The van der Waals surface area contributed by atoms with Gasteiger partial charge in [0.25, 0.3) is 0 Å². The van der Waals surface area contributed by atoms with Crippen LogP contribution in [-0.2, 0) is 9.84 Å². The van der Waals surface area contributed by atoms with Crippen LogP contribution in [-0.4, -0.2) is 24.6 Å². The van der Waals surface area contributed by atoms with Gasteiger partial charge < -0.3 is 5.73 Å². The first-order valence-corrected chi connectivity index (χ1v) is 6.81. The summed E-state index contributed by atoms with van der Waals surface area (Å²) in [5.74, 6) is 5.75. The first-order chi connectivity index (χ1) is 8.04. The van der Waals surface area contributed by atoms with Crippen molar-refractivity contribution in [1.82, 2.24) is 9.97 Å². The molecule has 17 heavy (non-hydrogen) atoms. The highest BCUT2D eigenvalue weighted by Crippen LogP contribution is 2.01. The molecule has 5 nitrogen and oxygen atoms in total. The molecule has 1 aromatic rings. The predicted octanol–water partition coefficient (Wildman–Crippen LogP) is 0.484. The van der Waals surface area contributed by atoms with Gasteiger partial charge in [-0.05, 0) is 12.6 Å². The van der Waals surface area contributed by atoms with Crippen molar-refractivity contribution in [2.24, 2.45) is 5.73 Å². The Kier molecular flexibility index (Phi) is 4.67. The van der Waals surface area contributed by atoms with E-state index in [1.807, 2.05) is 6.08 Å². The summed E-state index contributed by atoms with van der Waals surface area (Å²) in [4.78, 5) is 7.46. The molecule has 1 heterocycles. The molecule has 90 valence electrons. The van der Waals surface area contributed by atoms with E-state index in [1.165, 1.54) is 18.6 Å². The maximum Gasteiger partial charge on any atom is 0.246 e. The molecule has 6 heteroatoms. The van der Waals surface area contributed by atoms with E-state index in [1.54, 1.807) is 0 Å². The second-order valence-electron chi connectivity index (χ2n) is 3.30. The molecule has 0 atom stereocenters. The van der Waals surface area contributed by atoms with Crippen LogP contribution >= 0.6 is 0 Å². The van der Waals surface area contributed by atoms with Gasteiger partial charge in [0.2, 0.25) is 15.0 Å². The number of nitrogens with zero attached hydrogens (tertiary/aromatic N) is 2. The first-order valence-electron chi connectivity index (χ1n) is 4.92. The quantitative estimate of drug-likeness (QED) is 0.480. The Morgan fingerprint density at radius 3 is 2.59 bits per heavy atom. The number of nitrogens with two attached hydrogens (primary N) is 1. The fourth-order valence-electron chi connectivity index (χ4n) is 0.989. The van der Waals surface area contributed by atoms with Crippen LogP contribution in [0.4, 0.5) is 0 Å². The second kappa shape index (κ2) is 6.01. The largest absolute Gasteiger partial charge is 0.405 e. The molecule has 0 fully saturated rings. The summed E-state index contributed by atoms with van der Waals surface area (Å²) in [6.07, 6.45) is 8.62. The summed E-state index contributed by atoms with van der Waals surface area (Å²) in [6, 6.07) is 0. The van der Waals surface area contributed by atoms with Crippen LogP contribution in [0.25, 0.3) is 0 Å². The third kappa shape index (κ3) is 4.66. The van der Waals surface area contributed by atoms with Crippen molar-refractivity contribution < 1.29 is 8.42 Å². The van der Waals surface area contributed by atoms with E-state index in [9.17, 15) is 8.42 Å². The number of unbranched alkanes of at least 4 members (excludes halogenated alkanes) is 1. The SMILES string of the molecule is CS(=O)(=O)c1ncc(C#CCCC=CN)cn1. The smallest absolute Gasteiger partial charge is 0.246 e. The Balaban J connectivity index is 2.69. The van der Waals surface area contributed by atoms with Crippen molar-refractivity contribution in [3.05, 3.63) is 30.2 Å². The highest BCUT2D eigenvalue weighted by Gasteiger charge is 2.09. The minimum atomic E-state index is -3.35. The second-order valence-corrected chi connectivity index (χ2v) is 5.20.